The van der Waals surface area contributed by atoms with Crippen LogP contribution in [0.25, 0.3) is 0 Å². The Hall–Kier alpha value is -3.51. The van der Waals surface area contributed by atoms with Crippen LogP contribution < -0.4 is 14.2 Å². The van der Waals surface area contributed by atoms with E-state index in [1.807, 2.05) is 66.7 Å². The molecule has 2 atom stereocenters. The zero-order valence-electron chi connectivity index (χ0n) is 17.3. The summed E-state index contributed by atoms with van der Waals surface area (Å²) in [5, 5.41) is 16.0. The van der Waals surface area contributed by atoms with Crippen molar-refractivity contribution in [1.29, 1.82) is 0 Å². The molecule has 0 amide bonds. The maximum absolute atomic E-state index is 8.96. The Morgan fingerprint density at radius 3 is 2.48 bits per heavy atom. The number of fused-ring (bicyclic) bond motifs is 3. The van der Waals surface area contributed by atoms with E-state index < -0.39 is 0 Å². The standard InChI is InChI=1S/C25H24N2O4/c1-29-19-10-6-17(7-11-19)22-16-23-21-4-2-3-5-24(21)31-25(27(23)26-22)18-8-12-20(13-9-18)30-15-14-28/h2-13,23,25,28H,14-16H2,1H3/t23-,25-/m0/s1. The third kappa shape index (κ3) is 3.70. The van der Waals surface area contributed by atoms with Gasteiger partial charge in [0.25, 0.3) is 0 Å². The number of hydrazone groups is 1. The largest absolute Gasteiger partial charge is 0.497 e. The van der Waals surface area contributed by atoms with Gasteiger partial charge >= 0.3 is 0 Å². The normalized spacial score (nSPS) is 19.2. The number of ether oxygens (including phenoxy) is 3. The van der Waals surface area contributed by atoms with Gasteiger partial charge in [-0.15, -0.1) is 0 Å². The Labute approximate surface area is 181 Å². The van der Waals surface area contributed by atoms with Gasteiger partial charge in [0.05, 0.1) is 25.5 Å². The lowest BCUT2D eigenvalue weighted by atomic mass is 9.96. The first-order valence-corrected chi connectivity index (χ1v) is 10.4. The highest BCUT2D eigenvalue weighted by Gasteiger charge is 2.40. The summed E-state index contributed by atoms with van der Waals surface area (Å²) >= 11 is 0. The van der Waals surface area contributed by atoms with E-state index in [0.717, 1.165) is 46.1 Å². The van der Waals surface area contributed by atoms with Crippen LogP contribution in [0.4, 0.5) is 0 Å². The van der Waals surface area contributed by atoms with Gasteiger partial charge in [0, 0.05) is 17.5 Å². The molecule has 3 aromatic rings. The molecule has 158 valence electrons. The van der Waals surface area contributed by atoms with Crippen LogP contribution in [0.3, 0.4) is 0 Å². The summed E-state index contributed by atoms with van der Waals surface area (Å²) in [6.45, 7) is 0.263. The van der Waals surface area contributed by atoms with Crippen LogP contribution in [0.5, 0.6) is 17.2 Å². The second kappa shape index (κ2) is 8.32. The summed E-state index contributed by atoms with van der Waals surface area (Å²) in [6, 6.07) is 24.1. The quantitative estimate of drug-likeness (QED) is 0.649. The predicted molar refractivity (Wildman–Crippen MR) is 118 cm³/mol. The molecule has 2 aliphatic heterocycles. The zero-order chi connectivity index (χ0) is 21.2. The minimum Gasteiger partial charge on any atom is -0.497 e. The number of benzene rings is 3. The summed E-state index contributed by atoms with van der Waals surface area (Å²) in [5.41, 5.74) is 4.25. The monoisotopic (exact) mass is 416 g/mol. The minimum absolute atomic E-state index is 0.0113. The van der Waals surface area contributed by atoms with Crippen molar-refractivity contribution >= 4 is 5.71 Å². The second-order valence-electron chi connectivity index (χ2n) is 7.52. The fourth-order valence-corrected chi connectivity index (χ4v) is 4.10. The van der Waals surface area contributed by atoms with Crippen molar-refractivity contribution in [2.75, 3.05) is 20.3 Å². The number of rotatable bonds is 6. The number of aliphatic hydroxyl groups is 1. The molecule has 3 aromatic carbocycles. The van der Waals surface area contributed by atoms with Gasteiger partial charge < -0.3 is 19.3 Å². The van der Waals surface area contributed by atoms with Gasteiger partial charge in [0.15, 0.2) is 0 Å². The summed E-state index contributed by atoms with van der Waals surface area (Å²) in [5.74, 6) is 2.44. The molecule has 6 nitrogen and oxygen atoms in total. The van der Waals surface area contributed by atoms with Crippen LogP contribution in [0.1, 0.15) is 35.4 Å². The number of aliphatic hydroxyl groups excluding tert-OH is 1. The third-order valence-corrected chi connectivity index (χ3v) is 5.65. The molecule has 0 aliphatic carbocycles. The number of nitrogens with zero attached hydrogens (tertiary/aromatic N) is 2. The van der Waals surface area contributed by atoms with Crippen LogP contribution >= 0.6 is 0 Å². The molecule has 0 bridgehead atoms. The molecular weight excluding hydrogens is 392 g/mol. The lowest BCUT2D eigenvalue weighted by Gasteiger charge is -2.38. The molecule has 2 aliphatic rings. The lowest BCUT2D eigenvalue weighted by Crippen LogP contribution is -2.33. The van der Waals surface area contributed by atoms with Gasteiger partial charge in [0.2, 0.25) is 6.23 Å². The SMILES string of the molecule is COc1ccc(C2=NN3[C@@H](C2)c2ccccc2O[C@H]3c2ccc(OCCO)cc2)cc1. The Bertz CT molecular complexity index is 1080. The molecule has 6 heteroatoms. The first-order chi connectivity index (χ1) is 15.3. The highest BCUT2D eigenvalue weighted by Crippen LogP contribution is 2.47. The van der Waals surface area contributed by atoms with Crippen molar-refractivity contribution in [2.45, 2.75) is 18.7 Å². The van der Waals surface area contributed by atoms with Gasteiger partial charge in [-0.25, -0.2) is 5.01 Å². The molecule has 0 radical (unpaired) electrons. The molecule has 31 heavy (non-hydrogen) atoms. The van der Waals surface area contributed by atoms with Gasteiger partial charge in [-0.1, -0.05) is 18.2 Å². The van der Waals surface area contributed by atoms with Crippen LogP contribution in [0.15, 0.2) is 77.9 Å². The van der Waals surface area contributed by atoms with E-state index in [1.54, 1.807) is 7.11 Å². The first kappa shape index (κ1) is 19.5. The van der Waals surface area contributed by atoms with Crippen LogP contribution in [0.2, 0.25) is 0 Å². The smallest absolute Gasteiger partial charge is 0.213 e. The van der Waals surface area contributed by atoms with Crippen molar-refractivity contribution in [3.8, 4) is 17.2 Å². The number of methoxy groups -OCH3 is 1. The van der Waals surface area contributed by atoms with E-state index in [2.05, 4.69) is 11.1 Å². The maximum atomic E-state index is 8.96. The Morgan fingerprint density at radius 2 is 1.74 bits per heavy atom. The highest BCUT2D eigenvalue weighted by molar-refractivity contribution is 6.02. The van der Waals surface area contributed by atoms with Gasteiger partial charge in [0.1, 0.15) is 23.9 Å². The van der Waals surface area contributed by atoms with Gasteiger partial charge in [-0.05, 0) is 60.2 Å². The molecular formula is C25H24N2O4. The van der Waals surface area contributed by atoms with E-state index in [-0.39, 0.29) is 25.5 Å². The maximum Gasteiger partial charge on any atom is 0.213 e. The predicted octanol–water partition coefficient (Wildman–Crippen LogP) is 4.31. The molecule has 2 heterocycles. The Balaban J connectivity index is 1.48. The van der Waals surface area contributed by atoms with Crippen molar-refractivity contribution in [3.05, 3.63) is 89.5 Å². The highest BCUT2D eigenvalue weighted by atomic mass is 16.5. The average molecular weight is 416 g/mol. The van der Waals surface area contributed by atoms with Crippen LogP contribution in [-0.2, 0) is 0 Å². The van der Waals surface area contributed by atoms with Crippen LogP contribution in [-0.4, -0.2) is 36.2 Å². The summed E-state index contributed by atoms with van der Waals surface area (Å²) in [7, 11) is 1.67. The molecule has 0 fully saturated rings. The fraction of sp³-hybridized carbons (Fsp3) is 0.240. The van der Waals surface area contributed by atoms with Crippen molar-refractivity contribution in [2.24, 2.45) is 5.10 Å². The topological polar surface area (TPSA) is 63.5 Å². The van der Waals surface area contributed by atoms with E-state index in [9.17, 15) is 0 Å². The number of hydrogen-bond donors (Lipinski definition) is 1. The molecule has 1 N–H and O–H groups in total. The van der Waals surface area contributed by atoms with Crippen LogP contribution in [0, 0.1) is 0 Å². The molecule has 0 unspecified atom stereocenters. The van der Waals surface area contributed by atoms with E-state index in [4.69, 9.17) is 24.4 Å². The van der Waals surface area contributed by atoms with Crippen molar-refractivity contribution in [3.63, 3.8) is 0 Å². The average Bonchev–Trinajstić information content (AvgIpc) is 3.28. The first-order valence-electron chi connectivity index (χ1n) is 10.4. The molecule has 0 aromatic heterocycles. The fourth-order valence-electron chi connectivity index (χ4n) is 4.10. The third-order valence-electron chi connectivity index (χ3n) is 5.65. The number of hydrogen-bond acceptors (Lipinski definition) is 6. The Kier molecular flexibility index (Phi) is 5.22. The van der Waals surface area contributed by atoms with E-state index in [0.29, 0.717) is 0 Å². The zero-order valence-corrected chi connectivity index (χ0v) is 17.3. The van der Waals surface area contributed by atoms with E-state index in [1.165, 1.54) is 0 Å². The second-order valence-corrected chi connectivity index (χ2v) is 7.52. The molecule has 0 spiro atoms. The van der Waals surface area contributed by atoms with Gasteiger partial charge in [-0.3, -0.25) is 0 Å². The Morgan fingerprint density at radius 1 is 1.00 bits per heavy atom. The molecule has 0 saturated carbocycles. The number of para-hydroxylation sites is 1. The minimum atomic E-state index is -0.331. The van der Waals surface area contributed by atoms with Crippen molar-refractivity contribution < 1.29 is 19.3 Å². The lowest BCUT2D eigenvalue weighted by molar-refractivity contribution is -0.0190. The summed E-state index contributed by atoms with van der Waals surface area (Å²) in [6.07, 6.45) is 0.475. The summed E-state index contributed by atoms with van der Waals surface area (Å²) < 4.78 is 17.2. The van der Waals surface area contributed by atoms with E-state index >= 15 is 0 Å². The summed E-state index contributed by atoms with van der Waals surface area (Å²) in [4.78, 5) is 0. The molecule has 5 rings (SSSR count). The van der Waals surface area contributed by atoms with Crippen molar-refractivity contribution in [1.82, 2.24) is 5.01 Å². The molecule has 0 saturated heterocycles. The van der Waals surface area contributed by atoms with Gasteiger partial charge in [-0.2, -0.15) is 5.10 Å².